The number of halogens is 1. The summed E-state index contributed by atoms with van der Waals surface area (Å²) in [5, 5.41) is 4.87. The first-order valence-electron chi connectivity index (χ1n) is 7.64. The summed E-state index contributed by atoms with van der Waals surface area (Å²) in [7, 11) is 0. The number of nitrogens with zero attached hydrogens (tertiary/aromatic N) is 1. The zero-order valence-electron chi connectivity index (χ0n) is 12.8. The maximum Gasteiger partial charge on any atom is 0.251 e. The van der Waals surface area contributed by atoms with Crippen molar-refractivity contribution < 1.29 is 18.8 Å². The Kier molecular flexibility index (Phi) is 6.08. The predicted molar refractivity (Wildman–Crippen MR) is 82.2 cm³/mol. The minimum Gasteiger partial charge on any atom is -0.345 e. The van der Waals surface area contributed by atoms with Crippen LogP contribution in [0.25, 0.3) is 0 Å². The summed E-state index contributed by atoms with van der Waals surface area (Å²) in [5.41, 5.74) is 0.141. The highest BCUT2D eigenvalue weighted by molar-refractivity contribution is 5.96. The smallest absolute Gasteiger partial charge is 0.251 e. The van der Waals surface area contributed by atoms with Gasteiger partial charge in [0.15, 0.2) is 0 Å². The summed E-state index contributed by atoms with van der Waals surface area (Å²) in [5.74, 6) is -1.63. The van der Waals surface area contributed by atoms with Gasteiger partial charge in [-0.1, -0.05) is 6.07 Å². The van der Waals surface area contributed by atoms with Crippen molar-refractivity contribution in [2.24, 2.45) is 0 Å². The molecule has 6 nitrogen and oxygen atoms in total. The fraction of sp³-hybridized carbons (Fsp3) is 0.438. The highest BCUT2D eigenvalue weighted by Gasteiger charge is 2.17. The molecule has 23 heavy (non-hydrogen) atoms. The zero-order valence-corrected chi connectivity index (χ0v) is 12.8. The molecule has 3 amide bonds. The number of hydrogen-bond acceptors (Lipinski definition) is 3. The Hall–Kier alpha value is -2.44. The van der Waals surface area contributed by atoms with Crippen molar-refractivity contribution in [1.82, 2.24) is 15.5 Å². The number of nitrogens with one attached hydrogen (secondary N) is 2. The van der Waals surface area contributed by atoms with Gasteiger partial charge in [-0.3, -0.25) is 14.4 Å². The number of rotatable bonds is 5. The standard InChI is InChI=1S/C16H20FN3O3/c17-13-6-4-5-12(9-13)16(23)19-10-14(21)18-11-15(22)20-7-2-1-3-8-20/h4-6,9H,1-3,7-8,10-11H2,(H,18,21)(H,19,23). The molecule has 1 aromatic carbocycles. The van der Waals surface area contributed by atoms with E-state index in [1.165, 1.54) is 18.2 Å². The fourth-order valence-electron chi connectivity index (χ4n) is 2.38. The lowest BCUT2D eigenvalue weighted by Crippen LogP contribution is -2.45. The molecule has 1 fully saturated rings. The van der Waals surface area contributed by atoms with Gasteiger partial charge in [-0.15, -0.1) is 0 Å². The van der Waals surface area contributed by atoms with E-state index in [0.717, 1.165) is 38.4 Å². The molecule has 0 unspecified atom stereocenters. The molecule has 1 saturated heterocycles. The van der Waals surface area contributed by atoms with Crippen LogP contribution >= 0.6 is 0 Å². The van der Waals surface area contributed by atoms with Gasteiger partial charge in [0.2, 0.25) is 11.8 Å². The Bertz CT molecular complexity index is 586. The number of piperidine rings is 1. The third kappa shape index (κ3) is 5.36. The Morgan fingerprint density at radius 3 is 2.48 bits per heavy atom. The quantitative estimate of drug-likeness (QED) is 0.837. The van der Waals surface area contributed by atoms with E-state index in [1.54, 1.807) is 4.90 Å². The van der Waals surface area contributed by atoms with Crippen LogP contribution in [-0.2, 0) is 9.59 Å². The first-order chi connectivity index (χ1) is 11.1. The molecule has 0 saturated carbocycles. The Balaban J connectivity index is 1.70. The van der Waals surface area contributed by atoms with E-state index in [2.05, 4.69) is 10.6 Å². The second-order valence-electron chi connectivity index (χ2n) is 5.41. The monoisotopic (exact) mass is 321 g/mol. The summed E-state index contributed by atoms with van der Waals surface area (Å²) in [6.45, 7) is 1.12. The van der Waals surface area contributed by atoms with Crippen molar-refractivity contribution in [2.75, 3.05) is 26.2 Å². The molecule has 0 aliphatic carbocycles. The van der Waals surface area contributed by atoms with E-state index in [4.69, 9.17) is 0 Å². The number of carbonyl (C=O) groups excluding carboxylic acids is 3. The summed E-state index contributed by atoms with van der Waals surface area (Å²) in [4.78, 5) is 37.0. The molecule has 124 valence electrons. The zero-order chi connectivity index (χ0) is 16.7. The molecule has 1 aliphatic rings. The number of hydrogen-bond donors (Lipinski definition) is 2. The first kappa shape index (κ1) is 16.9. The molecule has 0 bridgehead atoms. The normalized spacial score (nSPS) is 14.2. The molecular formula is C16H20FN3O3. The van der Waals surface area contributed by atoms with Gasteiger partial charge < -0.3 is 15.5 Å². The van der Waals surface area contributed by atoms with Gasteiger partial charge in [-0.25, -0.2) is 4.39 Å². The van der Waals surface area contributed by atoms with E-state index in [1.807, 2.05) is 0 Å². The summed E-state index contributed by atoms with van der Waals surface area (Å²) in [6.07, 6.45) is 3.11. The molecule has 2 N–H and O–H groups in total. The second kappa shape index (κ2) is 8.26. The van der Waals surface area contributed by atoms with E-state index >= 15 is 0 Å². The average Bonchev–Trinajstić information content (AvgIpc) is 2.58. The van der Waals surface area contributed by atoms with Crippen molar-refractivity contribution in [3.05, 3.63) is 35.6 Å². The number of likely N-dealkylation sites (tertiary alicyclic amines) is 1. The van der Waals surface area contributed by atoms with Crippen LogP contribution in [0.15, 0.2) is 24.3 Å². The Morgan fingerprint density at radius 2 is 1.78 bits per heavy atom. The van der Waals surface area contributed by atoms with E-state index in [9.17, 15) is 18.8 Å². The number of benzene rings is 1. The average molecular weight is 321 g/mol. The minimum atomic E-state index is -0.540. The van der Waals surface area contributed by atoms with Gasteiger partial charge in [0, 0.05) is 18.7 Å². The van der Waals surface area contributed by atoms with Crippen LogP contribution in [0.3, 0.4) is 0 Å². The highest BCUT2D eigenvalue weighted by atomic mass is 19.1. The fourth-order valence-corrected chi connectivity index (χ4v) is 2.38. The molecule has 1 heterocycles. The molecule has 0 radical (unpaired) electrons. The van der Waals surface area contributed by atoms with Crippen LogP contribution < -0.4 is 10.6 Å². The molecule has 2 rings (SSSR count). The SMILES string of the molecule is O=C(CNC(=O)c1cccc(F)c1)NCC(=O)N1CCCCC1. The number of amides is 3. The van der Waals surface area contributed by atoms with Crippen molar-refractivity contribution in [2.45, 2.75) is 19.3 Å². The van der Waals surface area contributed by atoms with Crippen molar-refractivity contribution >= 4 is 17.7 Å². The van der Waals surface area contributed by atoms with Crippen LogP contribution in [0.2, 0.25) is 0 Å². The summed E-state index contributed by atoms with van der Waals surface area (Å²) in [6, 6.07) is 5.20. The maximum absolute atomic E-state index is 13.0. The van der Waals surface area contributed by atoms with Gasteiger partial charge in [0.25, 0.3) is 5.91 Å². The van der Waals surface area contributed by atoms with Crippen LogP contribution in [0, 0.1) is 5.82 Å². The van der Waals surface area contributed by atoms with E-state index < -0.39 is 17.6 Å². The van der Waals surface area contributed by atoms with Gasteiger partial charge >= 0.3 is 0 Å². The molecule has 1 aliphatic heterocycles. The third-order valence-corrected chi connectivity index (χ3v) is 3.64. The van der Waals surface area contributed by atoms with Crippen LogP contribution in [0.1, 0.15) is 29.6 Å². The lowest BCUT2D eigenvalue weighted by molar-refractivity contribution is -0.133. The highest BCUT2D eigenvalue weighted by Crippen LogP contribution is 2.08. The third-order valence-electron chi connectivity index (χ3n) is 3.64. The second-order valence-corrected chi connectivity index (χ2v) is 5.41. The van der Waals surface area contributed by atoms with E-state index in [-0.39, 0.29) is 24.6 Å². The molecule has 1 aromatic rings. The minimum absolute atomic E-state index is 0.0747. The molecule has 7 heteroatoms. The maximum atomic E-state index is 13.0. The Labute approximate surface area is 134 Å². The Morgan fingerprint density at radius 1 is 1.04 bits per heavy atom. The van der Waals surface area contributed by atoms with Crippen molar-refractivity contribution in [3.8, 4) is 0 Å². The van der Waals surface area contributed by atoms with Gasteiger partial charge in [-0.2, -0.15) is 0 Å². The summed E-state index contributed by atoms with van der Waals surface area (Å²) >= 11 is 0. The van der Waals surface area contributed by atoms with Crippen LogP contribution in [0.4, 0.5) is 4.39 Å². The largest absolute Gasteiger partial charge is 0.345 e. The van der Waals surface area contributed by atoms with Crippen molar-refractivity contribution in [3.63, 3.8) is 0 Å². The first-order valence-corrected chi connectivity index (χ1v) is 7.64. The van der Waals surface area contributed by atoms with Crippen molar-refractivity contribution in [1.29, 1.82) is 0 Å². The predicted octanol–water partition coefficient (Wildman–Crippen LogP) is 0.684. The van der Waals surface area contributed by atoms with Crippen LogP contribution in [0.5, 0.6) is 0 Å². The van der Waals surface area contributed by atoms with E-state index in [0.29, 0.717) is 0 Å². The summed E-state index contributed by atoms with van der Waals surface area (Å²) < 4.78 is 13.0. The lowest BCUT2D eigenvalue weighted by Gasteiger charge is -2.26. The molecule has 0 aromatic heterocycles. The molecular weight excluding hydrogens is 301 g/mol. The van der Waals surface area contributed by atoms with Gasteiger partial charge in [0.1, 0.15) is 5.82 Å². The molecule has 0 spiro atoms. The van der Waals surface area contributed by atoms with Gasteiger partial charge in [-0.05, 0) is 37.5 Å². The van der Waals surface area contributed by atoms with Gasteiger partial charge in [0.05, 0.1) is 13.1 Å². The topological polar surface area (TPSA) is 78.5 Å². The lowest BCUT2D eigenvalue weighted by atomic mass is 10.1. The number of carbonyl (C=O) groups is 3. The molecule has 0 atom stereocenters. The van der Waals surface area contributed by atoms with Crippen LogP contribution in [-0.4, -0.2) is 48.8 Å².